The van der Waals surface area contributed by atoms with Crippen molar-refractivity contribution in [1.29, 1.82) is 0 Å². The number of aliphatic hydroxyl groups excluding tert-OH is 1. The van der Waals surface area contributed by atoms with Crippen LogP contribution < -0.4 is 4.74 Å². The first kappa shape index (κ1) is 28.6. The Morgan fingerprint density at radius 2 is 1.57 bits per heavy atom. The zero-order valence-corrected chi connectivity index (χ0v) is 22.6. The van der Waals surface area contributed by atoms with Crippen molar-refractivity contribution >= 4 is 12.0 Å². The summed E-state index contributed by atoms with van der Waals surface area (Å²) in [7, 11) is 0. The number of aliphatic carboxylic acids is 1. The van der Waals surface area contributed by atoms with Gasteiger partial charge in [-0.3, -0.25) is 4.79 Å². The summed E-state index contributed by atoms with van der Waals surface area (Å²) in [5.41, 5.74) is 5.72. The standard InChI is InChI=1S/C31H44O4/c1-8-31(9-2,25-15-13-24(22(3)20-25)14-18-28(32)30(5,6)7)26-16-17-27(23(4)21-26)35-19-11-10-12-29(33)34/h13-18,20-21,28,32H,8-12,19H2,1-7H3,(H,33,34)/b18-14+. The zero-order valence-electron chi connectivity index (χ0n) is 22.6. The number of ether oxygens (including phenoxy) is 1. The Morgan fingerprint density at radius 1 is 0.971 bits per heavy atom. The molecule has 2 rings (SSSR count). The number of carboxylic acids is 1. The molecule has 0 fully saturated rings. The Morgan fingerprint density at radius 3 is 2.09 bits per heavy atom. The fourth-order valence-electron chi connectivity index (χ4n) is 4.55. The van der Waals surface area contributed by atoms with Gasteiger partial charge in [0.2, 0.25) is 0 Å². The molecule has 0 saturated carbocycles. The Bertz CT molecular complexity index is 1010. The number of carboxylic acid groups (broad SMARTS) is 1. The van der Waals surface area contributed by atoms with Crippen molar-refractivity contribution < 1.29 is 19.7 Å². The average Bonchev–Trinajstić information content (AvgIpc) is 2.79. The van der Waals surface area contributed by atoms with Crippen molar-refractivity contribution in [2.45, 2.75) is 92.1 Å². The van der Waals surface area contributed by atoms with Gasteiger partial charge in [0.1, 0.15) is 5.75 Å². The van der Waals surface area contributed by atoms with Crippen LogP contribution in [0.3, 0.4) is 0 Å². The molecule has 0 bridgehead atoms. The quantitative estimate of drug-likeness (QED) is 0.309. The number of unbranched alkanes of at least 4 members (excludes halogenated alkanes) is 1. The van der Waals surface area contributed by atoms with E-state index in [0.29, 0.717) is 13.0 Å². The summed E-state index contributed by atoms with van der Waals surface area (Å²) in [6, 6.07) is 13.2. The van der Waals surface area contributed by atoms with E-state index in [-0.39, 0.29) is 17.3 Å². The van der Waals surface area contributed by atoms with E-state index < -0.39 is 12.1 Å². The maximum Gasteiger partial charge on any atom is 0.303 e. The van der Waals surface area contributed by atoms with Crippen LogP contribution in [0.5, 0.6) is 5.75 Å². The molecule has 0 saturated heterocycles. The van der Waals surface area contributed by atoms with Crippen molar-refractivity contribution in [1.82, 2.24) is 0 Å². The molecular weight excluding hydrogens is 436 g/mol. The van der Waals surface area contributed by atoms with E-state index in [4.69, 9.17) is 9.84 Å². The topological polar surface area (TPSA) is 66.8 Å². The largest absolute Gasteiger partial charge is 0.493 e. The minimum absolute atomic E-state index is 0.0945. The average molecular weight is 481 g/mol. The van der Waals surface area contributed by atoms with Gasteiger partial charge >= 0.3 is 5.97 Å². The van der Waals surface area contributed by atoms with Crippen molar-refractivity contribution in [3.63, 3.8) is 0 Å². The highest BCUT2D eigenvalue weighted by Crippen LogP contribution is 2.41. The minimum Gasteiger partial charge on any atom is -0.493 e. The molecular formula is C31H44O4. The Hall–Kier alpha value is -2.59. The van der Waals surface area contributed by atoms with E-state index in [1.54, 1.807) is 0 Å². The van der Waals surface area contributed by atoms with Gasteiger partial charge in [-0.1, -0.05) is 77.1 Å². The number of rotatable bonds is 12. The summed E-state index contributed by atoms with van der Waals surface area (Å²) in [6.07, 6.45) is 6.93. The second-order valence-corrected chi connectivity index (χ2v) is 10.7. The van der Waals surface area contributed by atoms with Crippen molar-refractivity contribution in [3.05, 3.63) is 70.3 Å². The predicted molar refractivity (Wildman–Crippen MR) is 145 cm³/mol. The minimum atomic E-state index is -0.761. The molecule has 0 heterocycles. The zero-order chi connectivity index (χ0) is 26.2. The number of aryl methyl sites for hydroxylation is 2. The molecule has 2 N–H and O–H groups in total. The monoisotopic (exact) mass is 480 g/mol. The lowest BCUT2D eigenvalue weighted by atomic mass is 9.70. The number of hydrogen-bond acceptors (Lipinski definition) is 3. The Kier molecular flexibility index (Phi) is 10.1. The van der Waals surface area contributed by atoms with Gasteiger partial charge in [0.15, 0.2) is 0 Å². The van der Waals surface area contributed by atoms with E-state index in [0.717, 1.165) is 36.1 Å². The first-order valence-electron chi connectivity index (χ1n) is 12.9. The molecule has 2 aromatic rings. The van der Waals surface area contributed by atoms with E-state index >= 15 is 0 Å². The molecule has 4 nitrogen and oxygen atoms in total. The fourth-order valence-corrected chi connectivity index (χ4v) is 4.55. The van der Waals surface area contributed by atoms with Crippen LogP contribution in [0.1, 0.15) is 94.5 Å². The van der Waals surface area contributed by atoms with Gasteiger partial charge in [0.25, 0.3) is 0 Å². The Balaban J connectivity index is 2.27. The van der Waals surface area contributed by atoms with Crippen LogP contribution in [-0.2, 0) is 10.2 Å². The smallest absolute Gasteiger partial charge is 0.303 e. The SMILES string of the molecule is CCC(CC)(c1ccc(/C=C/C(O)C(C)(C)C)c(C)c1)c1ccc(OCCCCC(=O)O)c(C)c1. The van der Waals surface area contributed by atoms with Crippen molar-refractivity contribution in [2.75, 3.05) is 6.61 Å². The fraction of sp³-hybridized carbons (Fsp3) is 0.516. The Labute approximate surface area is 212 Å². The van der Waals surface area contributed by atoms with Gasteiger partial charge in [-0.2, -0.15) is 0 Å². The third-order valence-corrected chi connectivity index (χ3v) is 7.14. The van der Waals surface area contributed by atoms with Gasteiger partial charge in [-0.15, -0.1) is 0 Å². The van der Waals surface area contributed by atoms with Gasteiger partial charge in [-0.25, -0.2) is 0 Å². The maximum atomic E-state index is 10.7. The number of aliphatic hydroxyl groups is 1. The van der Waals surface area contributed by atoms with Gasteiger partial charge < -0.3 is 14.9 Å². The van der Waals surface area contributed by atoms with Crippen LogP contribution in [0.25, 0.3) is 6.08 Å². The highest BCUT2D eigenvalue weighted by atomic mass is 16.5. The van der Waals surface area contributed by atoms with Gasteiger partial charge in [-0.05, 0) is 78.8 Å². The van der Waals surface area contributed by atoms with E-state index in [1.165, 1.54) is 16.7 Å². The van der Waals surface area contributed by atoms with Gasteiger partial charge in [0, 0.05) is 11.8 Å². The highest BCUT2D eigenvalue weighted by Gasteiger charge is 2.31. The molecule has 0 amide bonds. The third kappa shape index (κ3) is 7.44. The molecule has 0 aliphatic carbocycles. The first-order chi connectivity index (χ1) is 16.4. The van der Waals surface area contributed by atoms with E-state index in [9.17, 15) is 9.90 Å². The molecule has 0 radical (unpaired) electrons. The summed E-state index contributed by atoms with van der Waals surface area (Å²) in [4.78, 5) is 10.7. The molecule has 0 aliphatic heterocycles. The molecule has 0 aliphatic rings. The maximum absolute atomic E-state index is 10.7. The number of hydrogen-bond donors (Lipinski definition) is 2. The van der Waals surface area contributed by atoms with Crippen LogP contribution in [-0.4, -0.2) is 28.9 Å². The molecule has 1 atom stereocenters. The molecule has 35 heavy (non-hydrogen) atoms. The predicted octanol–water partition coefficient (Wildman–Crippen LogP) is 7.46. The summed E-state index contributed by atoms with van der Waals surface area (Å²) < 4.78 is 5.94. The van der Waals surface area contributed by atoms with Crippen molar-refractivity contribution in [2.24, 2.45) is 5.41 Å². The summed E-state index contributed by atoms with van der Waals surface area (Å²) >= 11 is 0. The summed E-state index contributed by atoms with van der Waals surface area (Å²) in [5.74, 6) is 0.0991. The molecule has 0 aromatic heterocycles. The lowest BCUT2D eigenvalue weighted by Gasteiger charge is -2.34. The second kappa shape index (κ2) is 12.4. The van der Waals surface area contributed by atoms with E-state index in [2.05, 4.69) is 64.1 Å². The molecule has 2 aromatic carbocycles. The summed E-state index contributed by atoms with van der Waals surface area (Å²) in [6.45, 7) is 15.3. The lowest BCUT2D eigenvalue weighted by Crippen LogP contribution is -2.26. The van der Waals surface area contributed by atoms with Crippen molar-refractivity contribution in [3.8, 4) is 5.75 Å². The molecule has 0 spiro atoms. The normalized spacial score (nSPS) is 13.3. The molecule has 192 valence electrons. The third-order valence-electron chi connectivity index (χ3n) is 7.14. The van der Waals surface area contributed by atoms with Crippen LogP contribution in [0.2, 0.25) is 0 Å². The van der Waals surface area contributed by atoms with E-state index in [1.807, 2.05) is 32.9 Å². The summed E-state index contributed by atoms with van der Waals surface area (Å²) in [5, 5.41) is 19.2. The first-order valence-corrected chi connectivity index (χ1v) is 12.9. The second-order valence-electron chi connectivity index (χ2n) is 10.7. The molecule has 1 unspecified atom stereocenters. The molecule has 4 heteroatoms. The lowest BCUT2D eigenvalue weighted by molar-refractivity contribution is -0.137. The highest BCUT2D eigenvalue weighted by molar-refractivity contribution is 5.66. The van der Waals surface area contributed by atoms with Crippen LogP contribution in [0, 0.1) is 19.3 Å². The number of benzene rings is 2. The van der Waals surface area contributed by atoms with Crippen LogP contribution in [0.4, 0.5) is 0 Å². The van der Waals surface area contributed by atoms with Crippen LogP contribution >= 0.6 is 0 Å². The van der Waals surface area contributed by atoms with Gasteiger partial charge in [0.05, 0.1) is 12.7 Å². The number of carbonyl (C=O) groups is 1. The van der Waals surface area contributed by atoms with Crippen LogP contribution in [0.15, 0.2) is 42.5 Å².